The fourth-order valence-electron chi connectivity index (χ4n) is 4.09. The maximum Gasteiger partial charge on any atom is 0.416 e. The minimum atomic E-state index is -5.06. The fourth-order valence-corrected chi connectivity index (χ4v) is 4.09. The average Bonchev–Trinajstić information content (AvgIpc) is 3.33. The van der Waals surface area contributed by atoms with Crippen molar-refractivity contribution in [3.05, 3.63) is 29.8 Å². The van der Waals surface area contributed by atoms with E-state index in [1.54, 1.807) is 26.0 Å². The van der Waals surface area contributed by atoms with E-state index in [1.807, 2.05) is 0 Å². The summed E-state index contributed by atoms with van der Waals surface area (Å²) in [6.45, 7) is 6.50. The second kappa shape index (κ2) is 11.9. The van der Waals surface area contributed by atoms with Crippen LogP contribution < -0.4 is 15.4 Å². The smallest absolute Gasteiger partial charge is 0.416 e. The number of methoxy groups -OCH3 is 1. The van der Waals surface area contributed by atoms with Gasteiger partial charge in [-0.2, -0.15) is 13.2 Å². The molecule has 1 aliphatic heterocycles. The molecule has 0 unspecified atom stereocenters. The highest BCUT2D eigenvalue weighted by atomic mass is 19.4. The van der Waals surface area contributed by atoms with Crippen molar-refractivity contribution >= 4 is 17.7 Å². The molecule has 1 aromatic rings. The molecular weight excluding hydrogens is 467 g/mol. The summed E-state index contributed by atoms with van der Waals surface area (Å²) < 4.78 is 45.8. The number of benzene rings is 1. The number of aliphatic hydroxyl groups excluding tert-OH is 1. The number of alkyl halides is 3. The minimum Gasteiger partial charge on any atom is -0.497 e. The Morgan fingerprint density at radius 3 is 2.14 bits per heavy atom. The Morgan fingerprint density at radius 2 is 1.71 bits per heavy atom. The molecule has 0 radical (unpaired) electrons. The number of hydrogen-bond acceptors (Lipinski definition) is 6. The van der Waals surface area contributed by atoms with E-state index in [-0.39, 0.29) is 5.56 Å². The number of nitrogens with zero attached hydrogens (tertiary/aromatic N) is 1. The summed E-state index contributed by atoms with van der Waals surface area (Å²) in [7, 11) is 1.47. The Hall–Kier alpha value is -2.66. The Bertz CT molecular complexity index is 883. The van der Waals surface area contributed by atoms with E-state index in [1.165, 1.54) is 33.1 Å². The number of carbonyl (C=O) groups excluding carboxylic acids is 3. The average molecular weight is 502 g/mol. The van der Waals surface area contributed by atoms with E-state index in [0.717, 1.165) is 0 Å². The first-order valence-corrected chi connectivity index (χ1v) is 11.6. The molecule has 1 heterocycles. The van der Waals surface area contributed by atoms with E-state index < -0.39 is 60.0 Å². The van der Waals surface area contributed by atoms with E-state index in [4.69, 9.17) is 4.74 Å². The number of nitrogens with one attached hydrogen (secondary N) is 2. The number of amides is 3. The van der Waals surface area contributed by atoms with Crippen molar-refractivity contribution in [2.45, 2.75) is 70.9 Å². The second-order valence-corrected chi connectivity index (χ2v) is 9.34. The predicted molar refractivity (Wildman–Crippen MR) is 123 cm³/mol. The van der Waals surface area contributed by atoms with Crippen LogP contribution in [0.3, 0.4) is 0 Å². The molecule has 196 valence electrons. The molecule has 3 amide bonds. The molecule has 4 atom stereocenters. The molecule has 2 rings (SSSR count). The molecule has 0 aliphatic carbocycles. The third-order valence-electron chi connectivity index (χ3n) is 6.04. The van der Waals surface area contributed by atoms with Crippen molar-refractivity contribution in [2.75, 3.05) is 13.7 Å². The van der Waals surface area contributed by atoms with Gasteiger partial charge >= 0.3 is 6.18 Å². The predicted octanol–water partition coefficient (Wildman–Crippen LogP) is 2.50. The van der Waals surface area contributed by atoms with Crippen molar-refractivity contribution in [3.8, 4) is 5.75 Å². The van der Waals surface area contributed by atoms with Gasteiger partial charge in [0.2, 0.25) is 5.91 Å². The number of carbonyl (C=O) groups is 3. The topological polar surface area (TPSA) is 108 Å². The van der Waals surface area contributed by atoms with Crippen LogP contribution >= 0.6 is 0 Å². The fraction of sp³-hybridized carbons (Fsp3) is 0.625. The third-order valence-corrected chi connectivity index (χ3v) is 6.04. The van der Waals surface area contributed by atoms with Crippen LogP contribution in [0.5, 0.6) is 5.75 Å². The lowest BCUT2D eigenvalue weighted by atomic mass is 9.92. The molecule has 35 heavy (non-hydrogen) atoms. The zero-order valence-corrected chi connectivity index (χ0v) is 20.6. The van der Waals surface area contributed by atoms with Gasteiger partial charge in [0.1, 0.15) is 11.8 Å². The molecule has 0 spiro atoms. The SMILES string of the molecule is COc1ccc(C(=O)N[C@H](C(=O)N(C(=O)[C@@H]2CCCN2)[C@@H](C(C)C)[C@@H](O)C(F)(F)F)C(C)C)cc1. The Labute approximate surface area is 203 Å². The van der Waals surface area contributed by atoms with Crippen molar-refractivity contribution < 1.29 is 37.4 Å². The highest BCUT2D eigenvalue weighted by molar-refractivity contribution is 6.03. The van der Waals surface area contributed by atoms with Gasteiger partial charge in [0.25, 0.3) is 11.8 Å². The molecule has 1 fully saturated rings. The first-order valence-electron chi connectivity index (χ1n) is 11.6. The Kier molecular flexibility index (Phi) is 9.68. The zero-order valence-electron chi connectivity index (χ0n) is 20.6. The molecular formula is C24H34F3N3O5. The Morgan fingerprint density at radius 1 is 1.11 bits per heavy atom. The van der Waals surface area contributed by atoms with Crippen LogP contribution in [0, 0.1) is 11.8 Å². The van der Waals surface area contributed by atoms with Gasteiger partial charge in [-0.25, -0.2) is 0 Å². The van der Waals surface area contributed by atoms with Crippen LogP contribution in [0.4, 0.5) is 13.2 Å². The van der Waals surface area contributed by atoms with E-state index >= 15 is 0 Å². The van der Waals surface area contributed by atoms with Crippen LogP contribution in [0.25, 0.3) is 0 Å². The summed E-state index contributed by atoms with van der Waals surface area (Å²) >= 11 is 0. The second-order valence-electron chi connectivity index (χ2n) is 9.34. The van der Waals surface area contributed by atoms with Crippen LogP contribution in [-0.4, -0.2) is 71.8 Å². The van der Waals surface area contributed by atoms with Crippen LogP contribution in [-0.2, 0) is 9.59 Å². The van der Waals surface area contributed by atoms with Gasteiger partial charge in [-0.3, -0.25) is 19.3 Å². The summed E-state index contributed by atoms with van der Waals surface area (Å²) in [5, 5.41) is 15.6. The highest BCUT2D eigenvalue weighted by Crippen LogP contribution is 2.30. The standard InChI is InChI=1S/C24H34F3N3O5/c1-13(2)18(29-21(32)15-8-10-16(35-5)11-9-15)23(34)30(22(33)17-7-6-12-28-17)19(14(3)4)20(31)24(25,26)27/h8-11,13-14,17-20,28,31H,6-7,12H2,1-5H3,(H,29,32)/t17-,18-,19-,20+/m0/s1. The summed E-state index contributed by atoms with van der Waals surface area (Å²) in [6.07, 6.45) is -7.03. The molecule has 0 bridgehead atoms. The summed E-state index contributed by atoms with van der Waals surface area (Å²) in [4.78, 5) is 40.4. The van der Waals surface area contributed by atoms with Gasteiger partial charge in [-0.1, -0.05) is 27.7 Å². The molecule has 1 aliphatic rings. The molecule has 11 heteroatoms. The molecule has 1 aromatic carbocycles. The van der Waals surface area contributed by atoms with Crippen LogP contribution in [0.15, 0.2) is 24.3 Å². The van der Waals surface area contributed by atoms with Gasteiger partial charge in [0, 0.05) is 5.56 Å². The van der Waals surface area contributed by atoms with Crippen molar-refractivity contribution in [3.63, 3.8) is 0 Å². The van der Waals surface area contributed by atoms with Gasteiger partial charge in [-0.05, 0) is 55.5 Å². The van der Waals surface area contributed by atoms with Gasteiger partial charge in [-0.15, -0.1) is 0 Å². The van der Waals surface area contributed by atoms with Crippen LogP contribution in [0.2, 0.25) is 0 Å². The quantitative estimate of drug-likeness (QED) is 0.480. The first-order chi connectivity index (χ1) is 16.3. The third kappa shape index (κ3) is 6.94. The number of imide groups is 1. The van der Waals surface area contributed by atoms with E-state index in [0.29, 0.717) is 30.0 Å². The Balaban J connectivity index is 2.44. The number of hydrogen-bond donors (Lipinski definition) is 3. The number of halogens is 3. The van der Waals surface area contributed by atoms with E-state index in [9.17, 15) is 32.7 Å². The normalized spacial score (nSPS) is 18.8. The van der Waals surface area contributed by atoms with Crippen molar-refractivity contribution in [2.24, 2.45) is 11.8 Å². The number of rotatable bonds is 9. The molecule has 1 saturated heterocycles. The van der Waals surface area contributed by atoms with Crippen LogP contribution in [0.1, 0.15) is 50.9 Å². The summed E-state index contributed by atoms with van der Waals surface area (Å²) in [5.41, 5.74) is 0.204. The van der Waals surface area contributed by atoms with E-state index in [2.05, 4.69) is 10.6 Å². The van der Waals surface area contributed by atoms with Crippen molar-refractivity contribution in [1.82, 2.24) is 15.5 Å². The molecule has 3 N–H and O–H groups in total. The number of aliphatic hydroxyl groups is 1. The molecule has 0 aromatic heterocycles. The number of ether oxygens (including phenoxy) is 1. The monoisotopic (exact) mass is 501 g/mol. The largest absolute Gasteiger partial charge is 0.497 e. The molecule has 8 nitrogen and oxygen atoms in total. The summed E-state index contributed by atoms with van der Waals surface area (Å²) in [6, 6.07) is 2.03. The highest BCUT2D eigenvalue weighted by Gasteiger charge is 2.51. The molecule has 0 saturated carbocycles. The first kappa shape index (κ1) is 28.6. The summed E-state index contributed by atoms with van der Waals surface area (Å²) in [5.74, 6) is -3.44. The lowest BCUT2D eigenvalue weighted by molar-refractivity contribution is -0.226. The van der Waals surface area contributed by atoms with Gasteiger partial charge in [0.05, 0.1) is 19.2 Å². The van der Waals surface area contributed by atoms with Crippen molar-refractivity contribution in [1.29, 1.82) is 0 Å². The minimum absolute atomic E-state index is 0.204. The zero-order chi connectivity index (χ0) is 26.5. The van der Waals surface area contributed by atoms with Gasteiger partial charge < -0.3 is 20.5 Å². The maximum atomic E-state index is 13.7. The lowest BCUT2D eigenvalue weighted by Gasteiger charge is -2.40. The lowest BCUT2D eigenvalue weighted by Crippen LogP contribution is -2.64. The van der Waals surface area contributed by atoms with Gasteiger partial charge in [0.15, 0.2) is 6.10 Å². The maximum absolute atomic E-state index is 13.7.